The molecule has 0 rings (SSSR count). The zero-order valence-electron chi connectivity index (χ0n) is 62.7. The molecular weight excluding hydrogens is 1260 g/mol. The van der Waals surface area contributed by atoms with E-state index in [0.717, 1.165) is 102 Å². The van der Waals surface area contributed by atoms with Gasteiger partial charge in [0.15, 0.2) is 12.2 Å². The van der Waals surface area contributed by atoms with Crippen LogP contribution in [0.2, 0.25) is 0 Å². The van der Waals surface area contributed by atoms with Crippen LogP contribution in [0.15, 0.2) is 0 Å². The van der Waals surface area contributed by atoms with Gasteiger partial charge in [0.05, 0.1) is 26.4 Å². The van der Waals surface area contributed by atoms with E-state index in [1.165, 1.54) is 218 Å². The minimum absolute atomic E-state index is 0.105. The Hall–Kier alpha value is -1.94. The molecule has 0 aliphatic carbocycles. The first kappa shape index (κ1) is 94.1. The standard InChI is InChI=1S/C77H150O17P2/c1-7-9-11-13-15-17-18-19-20-21-22-25-28-31-35-42-48-54-60-75(80)88-66-72(93-76(81)61-55-49-43-36-32-29-26-23-24-27-30-34-39-45-51-57-69(3)4)67-91-95(83,84)89-63-71(78)64-90-96(85,86)92-68-73(65-87-74(79)59-53-47-41-33-16-14-12-10-8-2)94-77(82)62-56-50-44-38-37-40-46-52-58-70(5)6/h69-73,78H,7-68H2,1-6H3,(H,83,84)(H,85,86)/t71-,72-,73-/m1/s1. The zero-order valence-corrected chi connectivity index (χ0v) is 64.5. The molecule has 2 unspecified atom stereocenters. The molecule has 3 N–H and O–H groups in total. The molecule has 0 saturated carbocycles. The fourth-order valence-electron chi connectivity index (χ4n) is 11.8. The number of hydrogen-bond acceptors (Lipinski definition) is 15. The molecule has 0 spiro atoms. The first-order valence-corrected chi connectivity index (χ1v) is 43.0. The van der Waals surface area contributed by atoms with Crippen LogP contribution in [0.25, 0.3) is 0 Å². The molecule has 5 atom stereocenters. The molecule has 17 nitrogen and oxygen atoms in total. The summed E-state index contributed by atoms with van der Waals surface area (Å²) in [6.07, 6.45) is 57.0. The number of carbonyl (C=O) groups is 4. The van der Waals surface area contributed by atoms with Gasteiger partial charge in [-0.3, -0.25) is 37.3 Å². The Morgan fingerprint density at radius 2 is 0.479 bits per heavy atom. The fourth-order valence-corrected chi connectivity index (χ4v) is 13.4. The highest BCUT2D eigenvalue weighted by Gasteiger charge is 2.30. The summed E-state index contributed by atoms with van der Waals surface area (Å²) in [5, 5.41) is 10.6. The van der Waals surface area contributed by atoms with Crippen molar-refractivity contribution in [3.63, 3.8) is 0 Å². The molecule has 0 aromatic rings. The summed E-state index contributed by atoms with van der Waals surface area (Å²) < 4.78 is 68.5. The first-order valence-electron chi connectivity index (χ1n) is 40.0. The van der Waals surface area contributed by atoms with Crippen LogP contribution < -0.4 is 0 Å². The van der Waals surface area contributed by atoms with Crippen molar-refractivity contribution in [1.29, 1.82) is 0 Å². The van der Waals surface area contributed by atoms with Crippen molar-refractivity contribution in [3.8, 4) is 0 Å². The average molecular weight is 1410 g/mol. The summed E-state index contributed by atoms with van der Waals surface area (Å²) in [4.78, 5) is 72.8. The van der Waals surface area contributed by atoms with Crippen molar-refractivity contribution in [3.05, 3.63) is 0 Å². The van der Waals surface area contributed by atoms with E-state index in [1.807, 2.05) is 0 Å². The Labute approximate surface area is 588 Å². The second-order valence-electron chi connectivity index (χ2n) is 28.7. The van der Waals surface area contributed by atoms with Crippen molar-refractivity contribution in [2.75, 3.05) is 39.6 Å². The van der Waals surface area contributed by atoms with Crippen LogP contribution in [-0.2, 0) is 65.4 Å². The highest BCUT2D eigenvalue weighted by atomic mass is 31.2. The predicted molar refractivity (Wildman–Crippen MR) is 391 cm³/mol. The van der Waals surface area contributed by atoms with Gasteiger partial charge in [-0.2, -0.15) is 0 Å². The molecule has 0 aromatic heterocycles. The van der Waals surface area contributed by atoms with Crippen molar-refractivity contribution in [1.82, 2.24) is 0 Å². The fraction of sp³-hybridized carbons (Fsp3) is 0.948. The van der Waals surface area contributed by atoms with Crippen LogP contribution in [0, 0.1) is 11.8 Å². The summed E-state index contributed by atoms with van der Waals surface area (Å²) in [6, 6.07) is 0. The van der Waals surface area contributed by atoms with Crippen molar-refractivity contribution >= 4 is 39.5 Å². The maximum absolute atomic E-state index is 13.1. The van der Waals surface area contributed by atoms with Gasteiger partial charge in [-0.05, 0) is 37.5 Å². The Morgan fingerprint density at radius 1 is 0.281 bits per heavy atom. The molecular formula is C77H150O17P2. The molecule has 0 bridgehead atoms. The number of phosphoric acid groups is 2. The minimum Gasteiger partial charge on any atom is -0.462 e. The topological polar surface area (TPSA) is 237 Å². The quantitative estimate of drug-likeness (QED) is 0.0222. The molecule has 0 aromatic carbocycles. The first-order chi connectivity index (χ1) is 46.4. The van der Waals surface area contributed by atoms with Crippen molar-refractivity contribution < 1.29 is 80.2 Å². The Kier molecular flexibility index (Phi) is 67.4. The largest absolute Gasteiger partial charge is 0.472 e. The zero-order chi connectivity index (χ0) is 70.7. The molecule has 0 aliphatic heterocycles. The molecule has 0 aliphatic rings. The average Bonchev–Trinajstić information content (AvgIpc) is 2.51. The maximum atomic E-state index is 13.1. The van der Waals surface area contributed by atoms with Gasteiger partial charge in [0, 0.05) is 25.7 Å². The highest BCUT2D eigenvalue weighted by Crippen LogP contribution is 2.45. The van der Waals surface area contributed by atoms with E-state index in [2.05, 4.69) is 41.5 Å². The van der Waals surface area contributed by atoms with Crippen LogP contribution >= 0.6 is 15.6 Å². The summed E-state index contributed by atoms with van der Waals surface area (Å²) in [5.74, 6) is -0.596. The van der Waals surface area contributed by atoms with Gasteiger partial charge in [0.2, 0.25) is 0 Å². The van der Waals surface area contributed by atoms with Crippen molar-refractivity contribution in [2.24, 2.45) is 11.8 Å². The Balaban J connectivity index is 5.21. The summed E-state index contributed by atoms with van der Waals surface area (Å²) >= 11 is 0. The lowest BCUT2D eigenvalue weighted by atomic mass is 10.0. The summed E-state index contributed by atoms with van der Waals surface area (Å²) in [7, 11) is -9.91. The lowest BCUT2D eigenvalue weighted by Crippen LogP contribution is -2.30. The lowest BCUT2D eigenvalue weighted by Gasteiger charge is -2.21. The van der Waals surface area contributed by atoms with Crippen LogP contribution in [0.5, 0.6) is 0 Å². The third-order valence-electron chi connectivity index (χ3n) is 18.0. The third kappa shape index (κ3) is 70.5. The monoisotopic (exact) mass is 1410 g/mol. The Bertz CT molecular complexity index is 1860. The number of hydrogen-bond donors (Lipinski definition) is 3. The molecule has 0 radical (unpaired) electrons. The van der Waals surface area contributed by atoms with E-state index in [4.69, 9.17) is 37.0 Å². The van der Waals surface area contributed by atoms with Gasteiger partial charge in [0.1, 0.15) is 19.3 Å². The second kappa shape index (κ2) is 68.8. The number of aliphatic hydroxyl groups is 1. The van der Waals surface area contributed by atoms with E-state index in [9.17, 15) is 43.2 Å². The molecule has 0 heterocycles. The smallest absolute Gasteiger partial charge is 0.462 e. The van der Waals surface area contributed by atoms with E-state index >= 15 is 0 Å². The van der Waals surface area contributed by atoms with E-state index < -0.39 is 97.5 Å². The number of esters is 4. The number of rotatable bonds is 76. The second-order valence-corrected chi connectivity index (χ2v) is 31.6. The maximum Gasteiger partial charge on any atom is 0.472 e. The molecule has 19 heteroatoms. The van der Waals surface area contributed by atoms with Gasteiger partial charge in [-0.25, -0.2) is 9.13 Å². The van der Waals surface area contributed by atoms with Gasteiger partial charge < -0.3 is 33.8 Å². The van der Waals surface area contributed by atoms with Crippen molar-refractivity contribution in [2.45, 2.75) is 419 Å². The number of aliphatic hydroxyl groups excluding tert-OH is 1. The number of unbranched alkanes of at least 4 members (excludes halogenated alkanes) is 46. The molecule has 0 amide bonds. The van der Waals surface area contributed by atoms with Gasteiger partial charge >= 0.3 is 39.5 Å². The predicted octanol–water partition coefficient (Wildman–Crippen LogP) is 22.7. The minimum atomic E-state index is -4.96. The van der Waals surface area contributed by atoms with E-state index in [1.54, 1.807) is 0 Å². The Morgan fingerprint density at radius 3 is 0.708 bits per heavy atom. The van der Waals surface area contributed by atoms with E-state index in [-0.39, 0.29) is 25.7 Å². The summed E-state index contributed by atoms with van der Waals surface area (Å²) in [5.41, 5.74) is 0. The van der Waals surface area contributed by atoms with Crippen LogP contribution in [0.4, 0.5) is 0 Å². The van der Waals surface area contributed by atoms with Gasteiger partial charge in [-0.15, -0.1) is 0 Å². The van der Waals surface area contributed by atoms with Crippen LogP contribution in [0.3, 0.4) is 0 Å². The molecule has 0 fully saturated rings. The number of carbonyl (C=O) groups excluding carboxylic acids is 4. The SMILES string of the molecule is CCCCCCCCCCCCCCCCCCCCC(=O)OC[C@H](COP(=O)(O)OC[C@@H](O)COP(=O)(O)OC[C@@H](COC(=O)CCCCCCCCCCC)OC(=O)CCCCCCCCCCC(C)C)OC(=O)CCCCCCCCCCCCCCCCCC(C)C. The van der Waals surface area contributed by atoms with Gasteiger partial charge in [0.25, 0.3) is 0 Å². The van der Waals surface area contributed by atoms with Crippen LogP contribution in [0.1, 0.15) is 401 Å². The van der Waals surface area contributed by atoms with E-state index in [0.29, 0.717) is 25.7 Å². The molecule has 0 saturated heterocycles. The van der Waals surface area contributed by atoms with Gasteiger partial charge in [-0.1, -0.05) is 350 Å². The number of ether oxygens (including phenoxy) is 4. The summed E-state index contributed by atoms with van der Waals surface area (Å²) in [6.45, 7) is 9.57. The third-order valence-corrected chi connectivity index (χ3v) is 19.9. The number of phosphoric ester groups is 2. The highest BCUT2D eigenvalue weighted by molar-refractivity contribution is 7.47. The molecule has 570 valence electrons. The normalized spacial score (nSPS) is 14.0. The lowest BCUT2D eigenvalue weighted by molar-refractivity contribution is -0.161. The van der Waals surface area contributed by atoms with Crippen LogP contribution in [-0.4, -0.2) is 96.7 Å². The molecule has 96 heavy (non-hydrogen) atoms.